The van der Waals surface area contributed by atoms with E-state index >= 15 is 0 Å². The summed E-state index contributed by atoms with van der Waals surface area (Å²) in [6.45, 7) is 4.89. The summed E-state index contributed by atoms with van der Waals surface area (Å²) < 4.78 is 15.5. The van der Waals surface area contributed by atoms with Crippen molar-refractivity contribution in [1.29, 1.82) is 0 Å². The number of aromatic amines is 1. The van der Waals surface area contributed by atoms with Crippen LogP contribution in [0.3, 0.4) is 0 Å². The fourth-order valence-electron chi connectivity index (χ4n) is 4.26. The molecule has 1 aliphatic rings. The van der Waals surface area contributed by atoms with Gasteiger partial charge < -0.3 is 35.9 Å². The summed E-state index contributed by atoms with van der Waals surface area (Å²) in [6, 6.07) is 9.70. The highest BCUT2D eigenvalue weighted by atomic mass is 19.1. The van der Waals surface area contributed by atoms with Gasteiger partial charge in [-0.25, -0.2) is 14.2 Å². The van der Waals surface area contributed by atoms with E-state index in [9.17, 15) is 19.1 Å². The number of nitrogens with two attached hydrogens (primary N) is 1. The van der Waals surface area contributed by atoms with E-state index in [0.717, 1.165) is 31.9 Å². The number of carbonyl (C=O) groups is 1. The lowest BCUT2D eigenvalue weighted by molar-refractivity contribution is -0.152. The number of likely N-dealkylation sites (N-methyl/N-ethyl adjacent to an activating group) is 1. The zero-order valence-electron chi connectivity index (χ0n) is 19.8. The highest BCUT2D eigenvalue weighted by Crippen LogP contribution is 2.31. The summed E-state index contributed by atoms with van der Waals surface area (Å²) >= 11 is 0. The Morgan fingerprint density at radius 3 is 2.64 bits per heavy atom. The topological polar surface area (TPSA) is 161 Å². The number of hydrogen-bond acceptors (Lipinski definition) is 8. The first kappa shape index (κ1) is 25.1. The van der Waals surface area contributed by atoms with Crippen LogP contribution in [0.2, 0.25) is 0 Å². The van der Waals surface area contributed by atoms with E-state index in [1.165, 1.54) is 25.1 Å². The number of H-pyrrole nitrogens is 1. The number of rotatable bonds is 4. The van der Waals surface area contributed by atoms with Crippen LogP contribution in [0.5, 0.6) is 0 Å². The number of anilines is 2. The Balaban J connectivity index is 0.00000304. The molecular formula is C24H27FN6O5. The largest absolute Gasteiger partial charge is 0.412 e. The second-order valence-corrected chi connectivity index (χ2v) is 8.69. The van der Waals surface area contributed by atoms with Gasteiger partial charge in [0.1, 0.15) is 17.2 Å². The monoisotopic (exact) mass is 498 g/mol. The number of aromatic nitrogens is 3. The lowest BCUT2D eigenvalue weighted by Crippen LogP contribution is -2.44. The van der Waals surface area contributed by atoms with Gasteiger partial charge >= 0.3 is 5.97 Å². The van der Waals surface area contributed by atoms with Gasteiger partial charge in [-0.2, -0.15) is 0 Å². The molecule has 6 N–H and O–H groups in total. The van der Waals surface area contributed by atoms with E-state index in [2.05, 4.69) is 26.8 Å². The van der Waals surface area contributed by atoms with Gasteiger partial charge in [0.25, 0.3) is 5.56 Å². The third-order valence-electron chi connectivity index (χ3n) is 6.24. The van der Waals surface area contributed by atoms with Gasteiger partial charge in [-0.1, -0.05) is 6.07 Å². The number of nitrogens with one attached hydrogen (secondary N) is 1. The van der Waals surface area contributed by atoms with Crippen molar-refractivity contribution in [2.24, 2.45) is 0 Å². The zero-order valence-corrected chi connectivity index (χ0v) is 19.8. The SMILES string of the molecule is CC(O)C(=O)On1c(=O)c(-c2nc3ccc(N4CCN(C)CC4)cc3[nH]2)c(N)c2c(F)cccc21.O. The maximum Gasteiger partial charge on any atom is 0.360 e. The Bertz CT molecular complexity index is 1510. The molecule has 11 nitrogen and oxygen atoms in total. The van der Waals surface area contributed by atoms with Gasteiger partial charge in [-0.05, 0) is 44.3 Å². The molecule has 190 valence electrons. The molecule has 4 aromatic rings. The molecule has 0 saturated carbocycles. The molecule has 0 spiro atoms. The van der Waals surface area contributed by atoms with Gasteiger partial charge in [0.15, 0.2) is 6.10 Å². The van der Waals surface area contributed by atoms with E-state index in [1.54, 1.807) is 0 Å². The third-order valence-corrected chi connectivity index (χ3v) is 6.24. The molecule has 1 atom stereocenters. The fraction of sp³-hybridized carbons (Fsp3) is 0.292. The highest BCUT2D eigenvalue weighted by molar-refractivity contribution is 5.99. The predicted molar refractivity (Wildman–Crippen MR) is 134 cm³/mol. The van der Waals surface area contributed by atoms with Gasteiger partial charge in [0.2, 0.25) is 0 Å². The number of piperazine rings is 1. The number of fused-ring (bicyclic) bond motifs is 2. The minimum absolute atomic E-state index is 0. The van der Waals surface area contributed by atoms with Gasteiger partial charge in [-0.3, -0.25) is 4.79 Å². The first-order valence-electron chi connectivity index (χ1n) is 11.2. The summed E-state index contributed by atoms with van der Waals surface area (Å²) in [6.07, 6.45) is -1.49. The van der Waals surface area contributed by atoms with Gasteiger partial charge in [-0.15, -0.1) is 4.73 Å². The van der Waals surface area contributed by atoms with Gasteiger partial charge in [0.05, 0.1) is 27.6 Å². The van der Waals surface area contributed by atoms with E-state index in [-0.39, 0.29) is 33.5 Å². The quantitative estimate of drug-likeness (QED) is 0.367. The van der Waals surface area contributed by atoms with Crippen LogP contribution >= 0.6 is 0 Å². The molecule has 1 saturated heterocycles. The standard InChI is InChI=1S/C24H25FN6O4.H2O/c1-13(32)24(34)35-31-18-5-3-4-15(25)19(18)21(26)20(23(31)33)22-27-16-7-6-14(12-17(16)28-22)30-10-8-29(2)9-11-30;/h3-7,12-13,32H,8-11,26H2,1-2H3,(H,27,28);1H2. The van der Waals surface area contributed by atoms with Crippen LogP contribution in [-0.2, 0) is 4.79 Å². The molecular weight excluding hydrogens is 471 g/mol. The van der Waals surface area contributed by atoms with E-state index in [0.29, 0.717) is 15.8 Å². The molecule has 0 bridgehead atoms. The molecule has 0 amide bonds. The Hall–Kier alpha value is -4.00. The molecule has 36 heavy (non-hydrogen) atoms. The molecule has 5 rings (SSSR count). The lowest BCUT2D eigenvalue weighted by Gasteiger charge is -2.34. The van der Waals surface area contributed by atoms with Crippen molar-refractivity contribution in [1.82, 2.24) is 19.6 Å². The van der Waals surface area contributed by atoms with Crippen LogP contribution in [-0.4, -0.2) is 75.5 Å². The highest BCUT2D eigenvalue weighted by Gasteiger charge is 2.24. The number of carbonyl (C=O) groups excluding carboxylic acids is 1. The molecule has 1 aliphatic heterocycles. The molecule has 1 unspecified atom stereocenters. The van der Waals surface area contributed by atoms with Crippen LogP contribution in [0, 0.1) is 5.82 Å². The molecule has 1 fully saturated rings. The number of imidazole rings is 1. The number of halogens is 1. The maximum absolute atomic E-state index is 14.8. The summed E-state index contributed by atoms with van der Waals surface area (Å²) in [5, 5.41) is 9.47. The molecule has 0 radical (unpaired) electrons. The molecule has 12 heteroatoms. The summed E-state index contributed by atoms with van der Waals surface area (Å²) in [5.41, 5.74) is 7.44. The number of benzene rings is 2. The minimum atomic E-state index is -1.49. The second kappa shape index (κ2) is 9.57. The summed E-state index contributed by atoms with van der Waals surface area (Å²) in [4.78, 5) is 42.8. The second-order valence-electron chi connectivity index (χ2n) is 8.69. The first-order valence-corrected chi connectivity index (χ1v) is 11.2. The number of aliphatic hydroxyl groups excluding tert-OH is 1. The van der Waals surface area contributed by atoms with E-state index in [4.69, 9.17) is 10.6 Å². The van der Waals surface area contributed by atoms with Crippen molar-refractivity contribution in [3.05, 3.63) is 52.6 Å². The number of nitrogen functional groups attached to an aromatic ring is 1. The fourth-order valence-corrected chi connectivity index (χ4v) is 4.26. The van der Waals surface area contributed by atoms with E-state index < -0.39 is 23.4 Å². The Morgan fingerprint density at radius 2 is 1.94 bits per heavy atom. The first-order chi connectivity index (χ1) is 16.7. The molecule has 3 heterocycles. The van der Waals surface area contributed by atoms with Crippen molar-refractivity contribution < 1.29 is 24.6 Å². The van der Waals surface area contributed by atoms with Crippen molar-refractivity contribution in [2.75, 3.05) is 43.9 Å². The number of hydrogen-bond donors (Lipinski definition) is 3. The maximum atomic E-state index is 14.8. The average Bonchev–Trinajstić information content (AvgIpc) is 3.24. The predicted octanol–water partition coefficient (Wildman–Crippen LogP) is 0.529. The average molecular weight is 499 g/mol. The summed E-state index contributed by atoms with van der Waals surface area (Å²) in [5.74, 6) is -1.66. The number of pyridine rings is 1. The van der Waals surface area contributed by atoms with Crippen LogP contribution in [0.25, 0.3) is 33.3 Å². The van der Waals surface area contributed by atoms with Crippen molar-refractivity contribution in [3.63, 3.8) is 0 Å². The normalized spacial score (nSPS) is 15.2. The molecule has 2 aromatic heterocycles. The molecule has 0 aliphatic carbocycles. The zero-order chi connectivity index (χ0) is 24.9. The van der Waals surface area contributed by atoms with Crippen LogP contribution < -0.4 is 21.0 Å². The smallest absolute Gasteiger partial charge is 0.360 e. The van der Waals surface area contributed by atoms with Crippen LogP contribution in [0.4, 0.5) is 15.8 Å². The van der Waals surface area contributed by atoms with Crippen LogP contribution in [0.15, 0.2) is 41.2 Å². The summed E-state index contributed by atoms with van der Waals surface area (Å²) in [7, 11) is 2.09. The Morgan fingerprint density at radius 1 is 1.22 bits per heavy atom. The Kier molecular flexibility index (Phi) is 6.67. The van der Waals surface area contributed by atoms with Crippen LogP contribution in [0.1, 0.15) is 6.92 Å². The Labute approximate surface area is 204 Å². The lowest BCUT2D eigenvalue weighted by atomic mass is 10.1. The van der Waals surface area contributed by atoms with E-state index in [1.807, 2.05) is 18.2 Å². The van der Waals surface area contributed by atoms with Crippen molar-refractivity contribution >= 4 is 39.3 Å². The number of aliphatic hydroxyl groups is 1. The van der Waals surface area contributed by atoms with Crippen molar-refractivity contribution in [2.45, 2.75) is 13.0 Å². The van der Waals surface area contributed by atoms with Crippen molar-refractivity contribution in [3.8, 4) is 11.4 Å². The third kappa shape index (κ3) is 4.26. The minimum Gasteiger partial charge on any atom is -0.412 e. The number of nitrogens with zero attached hydrogens (tertiary/aromatic N) is 4. The molecule has 2 aromatic carbocycles. The van der Waals surface area contributed by atoms with Gasteiger partial charge in [0, 0.05) is 31.9 Å².